The summed E-state index contributed by atoms with van der Waals surface area (Å²) in [5.41, 5.74) is 6.50. The Morgan fingerprint density at radius 1 is 1.16 bits per heavy atom. The number of benzene rings is 2. The van der Waals surface area contributed by atoms with Gasteiger partial charge in [0.2, 0.25) is 0 Å². The molecule has 0 unspecified atom stereocenters. The molecule has 2 amide bonds. The highest BCUT2D eigenvalue weighted by Gasteiger charge is 2.31. The number of carbonyl (C=O) groups excluding carboxylic acids is 2. The first-order valence-corrected chi connectivity index (χ1v) is 12.3. The molecule has 1 aliphatic rings. The molecular weight excluding hydrogens is 511 g/mol. The molecule has 0 spiro atoms. The standard InChI is InChI=1S/C25H26F3N3O5S/c1-34-23(32)22-18(13-15(37-22)14-25(26,27)28)16-3-2-4-17-19(30-24(29)33)5-6-20(21(16)17)36-12-9-31-7-10-35-11-8-31/h2-6,13H,7-12,14H2,1H3,(H3,29,30,33). The number of halogens is 3. The maximum atomic E-state index is 13.2. The Hall–Kier alpha value is -3.35. The highest BCUT2D eigenvalue weighted by Crippen LogP contribution is 2.43. The summed E-state index contributed by atoms with van der Waals surface area (Å²) in [4.78, 5) is 26.4. The van der Waals surface area contributed by atoms with E-state index in [1.807, 2.05) is 0 Å². The molecule has 1 aliphatic heterocycles. The van der Waals surface area contributed by atoms with Crippen LogP contribution in [0.4, 0.5) is 23.7 Å². The minimum Gasteiger partial charge on any atom is -0.492 e. The number of primary amides is 1. The van der Waals surface area contributed by atoms with Gasteiger partial charge in [-0.2, -0.15) is 13.2 Å². The number of nitrogens with two attached hydrogens (primary N) is 1. The van der Waals surface area contributed by atoms with Crippen LogP contribution in [0.25, 0.3) is 21.9 Å². The third-order valence-electron chi connectivity index (χ3n) is 5.85. The molecule has 2 aromatic carbocycles. The van der Waals surface area contributed by atoms with Crippen LogP contribution in [0, 0.1) is 0 Å². The molecule has 8 nitrogen and oxygen atoms in total. The van der Waals surface area contributed by atoms with E-state index in [-0.39, 0.29) is 15.3 Å². The lowest BCUT2D eigenvalue weighted by atomic mass is 9.96. The zero-order chi connectivity index (χ0) is 26.6. The van der Waals surface area contributed by atoms with E-state index in [9.17, 15) is 22.8 Å². The average Bonchev–Trinajstić information content (AvgIpc) is 3.26. The van der Waals surface area contributed by atoms with Crippen molar-refractivity contribution in [3.63, 3.8) is 0 Å². The maximum Gasteiger partial charge on any atom is 0.393 e. The van der Waals surface area contributed by atoms with Crippen molar-refractivity contribution in [2.75, 3.05) is 51.9 Å². The molecule has 198 valence electrons. The van der Waals surface area contributed by atoms with E-state index in [0.717, 1.165) is 24.4 Å². The number of methoxy groups -OCH3 is 1. The number of alkyl halides is 3. The van der Waals surface area contributed by atoms with E-state index in [4.69, 9.17) is 19.9 Å². The summed E-state index contributed by atoms with van der Waals surface area (Å²) in [5.74, 6) is -0.292. The van der Waals surface area contributed by atoms with Gasteiger partial charge in [0.05, 0.1) is 32.4 Å². The summed E-state index contributed by atoms with van der Waals surface area (Å²) < 4.78 is 55.8. The number of carbonyl (C=O) groups is 2. The van der Waals surface area contributed by atoms with Crippen LogP contribution in [0.1, 0.15) is 14.5 Å². The molecule has 3 aromatic rings. The summed E-state index contributed by atoms with van der Waals surface area (Å²) in [6.45, 7) is 3.87. The van der Waals surface area contributed by atoms with Crippen LogP contribution in [-0.2, 0) is 15.9 Å². The molecule has 3 N–H and O–H groups in total. The van der Waals surface area contributed by atoms with Crippen molar-refractivity contribution in [1.29, 1.82) is 0 Å². The largest absolute Gasteiger partial charge is 0.492 e. The quantitative estimate of drug-likeness (QED) is 0.405. The third-order valence-corrected chi connectivity index (χ3v) is 6.96. The lowest BCUT2D eigenvalue weighted by molar-refractivity contribution is -0.126. The predicted octanol–water partition coefficient (Wildman–Crippen LogP) is 4.66. The van der Waals surface area contributed by atoms with Crippen molar-refractivity contribution in [3.05, 3.63) is 46.2 Å². The number of esters is 1. The number of nitrogens with one attached hydrogen (secondary N) is 1. The zero-order valence-corrected chi connectivity index (χ0v) is 20.8. The third kappa shape index (κ3) is 6.51. The molecule has 1 saturated heterocycles. The lowest BCUT2D eigenvalue weighted by Crippen LogP contribution is -2.38. The van der Waals surface area contributed by atoms with Crippen LogP contribution < -0.4 is 15.8 Å². The SMILES string of the molecule is COC(=O)c1sc(CC(F)(F)F)cc1-c1cccc2c(NC(N)=O)ccc(OCCN3CCOCC3)c12. The Kier molecular flexibility index (Phi) is 8.20. The Labute approximate surface area is 215 Å². The predicted molar refractivity (Wildman–Crippen MR) is 134 cm³/mol. The molecule has 12 heteroatoms. The van der Waals surface area contributed by atoms with Gasteiger partial charge in [0.15, 0.2) is 0 Å². The summed E-state index contributed by atoms with van der Waals surface area (Å²) in [5, 5.41) is 3.65. The summed E-state index contributed by atoms with van der Waals surface area (Å²) in [7, 11) is 1.17. The minimum absolute atomic E-state index is 0.0268. The number of nitrogens with zero attached hydrogens (tertiary/aromatic N) is 1. The van der Waals surface area contributed by atoms with Gasteiger partial charge in [0, 0.05) is 40.8 Å². The Bertz CT molecular complexity index is 1290. The number of anilines is 1. The Morgan fingerprint density at radius 3 is 2.59 bits per heavy atom. The van der Waals surface area contributed by atoms with Gasteiger partial charge in [-0.1, -0.05) is 18.2 Å². The lowest BCUT2D eigenvalue weighted by Gasteiger charge is -2.26. The normalized spacial score (nSPS) is 14.5. The van der Waals surface area contributed by atoms with E-state index in [1.54, 1.807) is 30.3 Å². The fourth-order valence-electron chi connectivity index (χ4n) is 4.24. The number of morpholine rings is 1. The smallest absolute Gasteiger partial charge is 0.393 e. The fourth-order valence-corrected chi connectivity index (χ4v) is 5.36. The molecule has 0 radical (unpaired) electrons. The van der Waals surface area contributed by atoms with Crippen molar-refractivity contribution < 1.29 is 37.0 Å². The summed E-state index contributed by atoms with van der Waals surface area (Å²) in [6, 6.07) is 9.00. The van der Waals surface area contributed by atoms with E-state index >= 15 is 0 Å². The maximum absolute atomic E-state index is 13.2. The van der Waals surface area contributed by atoms with Gasteiger partial charge in [0.1, 0.15) is 17.2 Å². The monoisotopic (exact) mass is 537 g/mol. The van der Waals surface area contributed by atoms with Crippen molar-refractivity contribution in [2.45, 2.75) is 12.6 Å². The molecule has 0 bridgehead atoms. The number of urea groups is 1. The number of hydrogen-bond donors (Lipinski definition) is 2. The highest BCUT2D eigenvalue weighted by molar-refractivity contribution is 7.14. The van der Waals surface area contributed by atoms with Crippen LogP contribution >= 0.6 is 11.3 Å². The average molecular weight is 538 g/mol. The number of fused-ring (bicyclic) bond motifs is 1. The number of rotatable bonds is 8. The topological polar surface area (TPSA) is 103 Å². The van der Waals surface area contributed by atoms with E-state index in [2.05, 4.69) is 10.2 Å². The second-order valence-electron chi connectivity index (χ2n) is 8.37. The number of hydrogen-bond acceptors (Lipinski definition) is 7. The molecule has 1 fully saturated rings. The number of thiophene rings is 1. The molecule has 0 atom stereocenters. The first-order valence-electron chi connectivity index (χ1n) is 11.5. The molecular formula is C25H26F3N3O5S. The molecule has 1 aromatic heterocycles. The van der Waals surface area contributed by atoms with Crippen LogP contribution in [0.5, 0.6) is 5.75 Å². The zero-order valence-electron chi connectivity index (χ0n) is 20.0. The van der Waals surface area contributed by atoms with Gasteiger partial charge in [-0.15, -0.1) is 11.3 Å². The molecule has 4 rings (SSSR count). The molecule has 0 aliphatic carbocycles. The van der Waals surface area contributed by atoms with Crippen molar-refractivity contribution >= 4 is 39.8 Å². The van der Waals surface area contributed by atoms with Crippen molar-refractivity contribution in [3.8, 4) is 16.9 Å². The van der Waals surface area contributed by atoms with Crippen LogP contribution in [0.2, 0.25) is 0 Å². The van der Waals surface area contributed by atoms with Crippen LogP contribution in [-0.4, -0.2) is 69.6 Å². The van der Waals surface area contributed by atoms with E-state index in [1.165, 1.54) is 13.2 Å². The van der Waals surface area contributed by atoms with Gasteiger partial charge in [0.25, 0.3) is 0 Å². The van der Waals surface area contributed by atoms with Gasteiger partial charge in [-0.05, 0) is 23.8 Å². The van der Waals surface area contributed by atoms with Crippen LogP contribution in [0.3, 0.4) is 0 Å². The summed E-state index contributed by atoms with van der Waals surface area (Å²) >= 11 is 0.736. The molecule has 0 saturated carbocycles. The minimum atomic E-state index is -4.44. The Balaban J connectivity index is 1.81. The van der Waals surface area contributed by atoms with Gasteiger partial charge >= 0.3 is 18.2 Å². The number of amides is 2. The van der Waals surface area contributed by atoms with E-state index < -0.39 is 24.6 Å². The Morgan fingerprint density at radius 2 is 1.92 bits per heavy atom. The molecule has 2 heterocycles. The second-order valence-corrected chi connectivity index (χ2v) is 9.51. The van der Waals surface area contributed by atoms with E-state index in [0.29, 0.717) is 54.1 Å². The first-order chi connectivity index (χ1) is 17.7. The highest BCUT2D eigenvalue weighted by atomic mass is 32.1. The van der Waals surface area contributed by atoms with Crippen molar-refractivity contribution in [2.24, 2.45) is 5.73 Å². The van der Waals surface area contributed by atoms with Crippen LogP contribution in [0.15, 0.2) is 36.4 Å². The van der Waals surface area contributed by atoms with Crippen molar-refractivity contribution in [1.82, 2.24) is 4.90 Å². The fraction of sp³-hybridized carbons (Fsp3) is 0.360. The first kappa shape index (κ1) is 26.7. The molecule has 37 heavy (non-hydrogen) atoms. The van der Waals surface area contributed by atoms with Gasteiger partial charge < -0.3 is 25.3 Å². The number of ether oxygens (including phenoxy) is 3. The van der Waals surface area contributed by atoms with Gasteiger partial charge in [-0.3, -0.25) is 4.90 Å². The summed E-state index contributed by atoms with van der Waals surface area (Å²) in [6.07, 6.45) is -5.62. The van der Waals surface area contributed by atoms with Gasteiger partial charge in [-0.25, -0.2) is 9.59 Å². The second kappa shape index (κ2) is 11.4.